The van der Waals surface area contributed by atoms with Crippen molar-refractivity contribution in [1.82, 2.24) is 0 Å². The zero-order valence-electron chi connectivity index (χ0n) is 5.76. The highest BCUT2D eigenvalue weighted by Gasteiger charge is 2.35. The molecule has 1 nitrogen and oxygen atoms in total. The van der Waals surface area contributed by atoms with Gasteiger partial charge in [0, 0.05) is 11.0 Å². The van der Waals surface area contributed by atoms with Crippen LogP contribution in [0, 0.1) is 11.8 Å². The SMILES string of the molecule is O[C@@H]1C[C@H]2CC(Cl)=C[C@@H]1C2. The number of aliphatic hydroxyl groups excluding tert-OH is 1. The standard InChI is InChI=1S/C8H11ClO/c9-7-2-5-1-6(4-7)8(10)3-5/h4-6,8,10H,1-3H2/t5-,6+,8-/m1/s1. The van der Waals surface area contributed by atoms with Crippen LogP contribution in [-0.2, 0) is 0 Å². The van der Waals surface area contributed by atoms with Gasteiger partial charge >= 0.3 is 0 Å². The van der Waals surface area contributed by atoms with Gasteiger partial charge in [-0.1, -0.05) is 17.7 Å². The maximum atomic E-state index is 9.41. The van der Waals surface area contributed by atoms with Gasteiger partial charge in [0.05, 0.1) is 6.10 Å². The molecular weight excluding hydrogens is 148 g/mol. The fraction of sp³-hybridized carbons (Fsp3) is 0.750. The first kappa shape index (κ1) is 6.68. The normalized spacial score (nSPS) is 45.4. The second kappa shape index (κ2) is 2.24. The van der Waals surface area contributed by atoms with Crippen molar-refractivity contribution in [3.63, 3.8) is 0 Å². The number of aliphatic hydroxyl groups is 1. The van der Waals surface area contributed by atoms with Crippen LogP contribution < -0.4 is 0 Å². The zero-order chi connectivity index (χ0) is 7.14. The number of rotatable bonds is 0. The number of hydrogen-bond donors (Lipinski definition) is 1. The molecule has 0 unspecified atom stereocenters. The molecule has 0 aromatic heterocycles. The van der Waals surface area contributed by atoms with Crippen LogP contribution in [-0.4, -0.2) is 11.2 Å². The zero-order valence-corrected chi connectivity index (χ0v) is 6.51. The van der Waals surface area contributed by atoms with E-state index in [4.69, 9.17) is 11.6 Å². The van der Waals surface area contributed by atoms with Gasteiger partial charge in [0.1, 0.15) is 0 Å². The van der Waals surface area contributed by atoms with Crippen molar-refractivity contribution in [3.8, 4) is 0 Å². The van der Waals surface area contributed by atoms with E-state index in [1.54, 1.807) is 0 Å². The Bertz CT molecular complexity index is 176. The molecule has 0 aromatic carbocycles. The van der Waals surface area contributed by atoms with Gasteiger partial charge in [-0.2, -0.15) is 0 Å². The van der Waals surface area contributed by atoms with E-state index in [1.165, 1.54) is 0 Å². The number of fused-ring (bicyclic) bond motifs is 2. The van der Waals surface area contributed by atoms with Crippen LogP contribution in [0.15, 0.2) is 11.1 Å². The molecule has 0 aromatic rings. The molecule has 0 saturated heterocycles. The third-order valence-electron chi connectivity index (χ3n) is 2.55. The van der Waals surface area contributed by atoms with Crippen molar-refractivity contribution in [3.05, 3.63) is 11.1 Å². The Labute approximate surface area is 65.7 Å². The van der Waals surface area contributed by atoms with E-state index >= 15 is 0 Å². The first-order valence-corrected chi connectivity index (χ1v) is 4.18. The van der Waals surface area contributed by atoms with Gasteiger partial charge in [-0.3, -0.25) is 0 Å². The quantitative estimate of drug-likeness (QED) is 0.571. The average Bonchev–Trinajstić information content (AvgIpc) is 2.07. The highest BCUT2D eigenvalue weighted by atomic mass is 35.5. The topological polar surface area (TPSA) is 20.2 Å². The molecule has 1 saturated carbocycles. The van der Waals surface area contributed by atoms with Crippen LogP contribution in [0.5, 0.6) is 0 Å². The van der Waals surface area contributed by atoms with Crippen molar-refractivity contribution in [1.29, 1.82) is 0 Å². The van der Waals surface area contributed by atoms with Crippen LogP contribution in [0.2, 0.25) is 0 Å². The minimum atomic E-state index is -0.110. The fourth-order valence-electron chi connectivity index (χ4n) is 2.08. The van der Waals surface area contributed by atoms with Gasteiger partial charge in [0.25, 0.3) is 0 Å². The largest absolute Gasteiger partial charge is 0.393 e. The molecular formula is C8H11ClO. The predicted octanol–water partition coefficient (Wildman–Crippen LogP) is 1.90. The minimum absolute atomic E-state index is 0.110. The Morgan fingerprint density at radius 1 is 1.50 bits per heavy atom. The second-order valence-corrected chi connectivity index (χ2v) is 3.87. The molecule has 2 aliphatic rings. The van der Waals surface area contributed by atoms with Crippen molar-refractivity contribution in [2.24, 2.45) is 11.8 Å². The van der Waals surface area contributed by atoms with Gasteiger partial charge in [0.2, 0.25) is 0 Å². The fourth-order valence-corrected chi connectivity index (χ4v) is 2.46. The Morgan fingerprint density at radius 2 is 2.30 bits per heavy atom. The molecule has 0 spiro atoms. The summed E-state index contributed by atoms with van der Waals surface area (Å²) in [5, 5.41) is 10.4. The van der Waals surface area contributed by atoms with E-state index in [2.05, 4.69) is 0 Å². The predicted molar refractivity (Wildman–Crippen MR) is 40.8 cm³/mol. The van der Waals surface area contributed by atoms with Crippen LogP contribution in [0.4, 0.5) is 0 Å². The molecule has 1 fully saturated rings. The van der Waals surface area contributed by atoms with E-state index in [0.717, 1.165) is 24.3 Å². The average molecular weight is 159 g/mol. The Hall–Kier alpha value is -0.0100. The van der Waals surface area contributed by atoms with Crippen molar-refractivity contribution < 1.29 is 5.11 Å². The molecule has 2 heteroatoms. The number of allylic oxidation sites excluding steroid dienone is 1. The molecule has 0 amide bonds. The lowest BCUT2D eigenvalue weighted by atomic mass is 9.95. The molecule has 56 valence electrons. The molecule has 2 rings (SSSR count). The third kappa shape index (κ3) is 0.977. The summed E-state index contributed by atoms with van der Waals surface area (Å²) < 4.78 is 0. The highest BCUT2D eigenvalue weighted by Crippen LogP contribution is 2.41. The molecule has 10 heavy (non-hydrogen) atoms. The van der Waals surface area contributed by atoms with Crippen molar-refractivity contribution >= 4 is 11.6 Å². The summed E-state index contributed by atoms with van der Waals surface area (Å²) in [7, 11) is 0. The minimum Gasteiger partial charge on any atom is -0.393 e. The Balaban J connectivity index is 2.21. The maximum absolute atomic E-state index is 9.41. The molecule has 0 heterocycles. The first-order chi connectivity index (χ1) is 4.75. The monoisotopic (exact) mass is 158 g/mol. The van der Waals surface area contributed by atoms with E-state index in [0.29, 0.717) is 11.8 Å². The van der Waals surface area contributed by atoms with Crippen LogP contribution >= 0.6 is 11.6 Å². The molecule has 2 bridgehead atoms. The molecule has 2 aliphatic carbocycles. The third-order valence-corrected chi connectivity index (χ3v) is 2.83. The van der Waals surface area contributed by atoms with Crippen LogP contribution in [0.1, 0.15) is 19.3 Å². The van der Waals surface area contributed by atoms with Gasteiger partial charge in [0.15, 0.2) is 0 Å². The van der Waals surface area contributed by atoms with E-state index in [9.17, 15) is 5.11 Å². The van der Waals surface area contributed by atoms with E-state index in [-0.39, 0.29) is 6.10 Å². The lowest BCUT2D eigenvalue weighted by Crippen LogP contribution is -2.10. The van der Waals surface area contributed by atoms with Gasteiger partial charge in [-0.25, -0.2) is 0 Å². The van der Waals surface area contributed by atoms with Gasteiger partial charge in [-0.05, 0) is 25.2 Å². The van der Waals surface area contributed by atoms with Crippen molar-refractivity contribution in [2.75, 3.05) is 0 Å². The second-order valence-electron chi connectivity index (χ2n) is 3.39. The lowest BCUT2D eigenvalue weighted by Gasteiger charge is -2.14. The van der Waals surface area contributed by atoms with E-state index < -0.39 is 0 Å². The summed E-state index contributed by atoms with van der Waals surface area (Å²) in [6, 6.07) is 0. The summed E-state index contributed by atoms with van der Waals surface area (Å²) in [4.78, 5) is 0. The molecule has 0 aliphatic heterocycles. The summed E-state index contributed by atoms with van der Waals surface area (Å²) in [6.45, 7) is 0. The summed E-state index contributed by atoms with van der Waals surface area (Å²) >= 11 is 5.86. The highest BCUT2D eigenvalue weighted by molar-refractivity contribution is 6.29. The molecule has 0 radical (unpaired) electrons. The number of hydrogen-bond acceptors (Lipinski definition) is 1. The van der Waals surface area contributed by atoms with Crippen LogP contribution in [0.25, 0.3) is 0 Å². The van der Waals surface area contributed by atoms with Crippen molar-refractivity contribution in [2.45, 2.75) is 25.4 Å². The van der Waals surface area contributed by atoms with Crippen LogP contribution in [0.3, 0.4) is 0 Å². The van der Waals surface area contributed by atoms with Gasteiger partial charge < -0.3 is 5.11 Å². The number of halogens is 1. The first-order valence-electron chi connectivity index (χ1n) is 3.80. The Kier molecular flexibility index (Phi) is 1.50. The van der Waals surface area contributed by atoms with E-state index in [1.807, 2.05) is 6.08 Å². The maximum Gasteiger partial charge on any atom is 0.0606 e. The Morgan fingerprint density at radius 3 is 3.00 bits per heavy atom. The molecule has 3 atom stereocenters. The molecule has 1 N–H and O–H groups in total. The summed E-state index contributed by atoms with van der Waals surface area (Å²) in [5.41, 5.74) is 0. The van der Waals surface area contributed by atoms with Gasteiger partial charge in [-0.15, -0.1) is 0 Å². The summed E-state index contributed by atoms with van der Waals surface area (Å²) in [6.07, 6.45) is 5.01. The smallest absolute Gasteiger partial charge is 0.0606 e. The summed E-state index contributed by atoms with van der Waals surface area (Å²) in [5.74, 6) is 1.03. The lowest BCUT2D eigenvalue weighted by molar-refractivity contribution is 0.152.